The first-order chi connectivity index (χ1) is 15.5. The smallest absolute Gasteiger partial charge is 0.340 e. The molecular weight excluding hydrogens is 449 g/mol. The minimum absolute atomic E-state index is 0.133. The van der Waals surface area contributed by atoms with Crippen LogP contribution in [0.25, 0.3) is 0 Å². The predicted molar refractivity (Wildman–Crippen MR) is 126 cm³/mol. The van der Waals surface area contributed by atoms with Gasteiger partial charge in [-0.1, -0.05) is 6.07 Å². The minimum Gasteiger partial charge on any atom is -0.496 e. The number of hydrogen-bond acceptors (Lipinski definition) is 9. The predicted octanol–water partition coefficient (Wildman–Crippen LogP) is 3.82. The number of ketones is 1. The minimum atomic E-state index is -3.69. The van der Waals surface area contributed by atoms with Gasteiger partial charge in [0.2, 0.25) is 0 Å². The molecule has 3 atom stereocenters. The number of methoxy groups -OCH3 is 1. The van der Waals surface area contributed by atoms with Crippen LogP contribution in [0.5, 0.6) is 5.75 Å². The van der Waals surface area contributed by atoms with Crippen molar-refractivity contribution in [2.24, 2.45) is 5.73 Å². The summed E-state index contributed by atoms with van der Waals surface area (Å²) in [5, 5.41) is 0. The van der Waals surface area contributed by atoms with Crippen LogP contribution < -0.4 is 10.5 Å². The molecule has 0 fully saturated rings. The van der Waals surface area contributed by atoms with Gasteiger partial charge >= 0.3 is 13.6 Å². The molecule has 9 nitrogen and oxygen atoms in total. The van der Waals surface area contributed by atoms with E-state index < -0.39 is 37.2 Å². The van der Waals surface area contributed by atoms with E-state index in [1.54, 1.807) is 39.0 Å². The molecule has 0 aliphatic carbocycles. The van der Waals surface area contributed by atoms with Crippen LogP contribution in [0.15, 0.2) is 18.2 Å². The van der Waals surface area contributed by atoms with Crippen LogP contribution in [0.3, 0.4) is 0 Å². The van der Waals surface area contributed by atoms with E-state index in [4.69, 9.17) is 29.0 Å². The van der Waals surface area contributed by atoms with Crippen molar-refractivity contribution in [3.05, 3.63) is 29.3 Å². The van der Waals surface area contributed by atoms with Crippen LogP contribution in [-0.2, 0) is 39.1 Å². The highest BCUT2D eigenvalue weighted by Gasteiger charge is 2.40. The van der Waals surface area contributed by atoms with Crippen LogP contribution in [0.2, 0.25) is 0 Å². The van der Waals surface area contributed by atoms with Crippen LogP contribution >= 0.6 is 7.60 Å². The SMILES string of the molecule is CCOC(=O)C(Cc1ccc(OC)c(C(N)C(=O)C(C)P(=O)(OCC)OCC)c1)OC(C)C. The maximum atomic E-state index is 13.2. The number of carbonyl (C=O) groups excluding carboxylic acids is 2. The number of esters is 1. The molecule has 0 aromatic heterocycles. The number of Topliss-reactive ketones (excluding diaryl/α,β-unsaturated/α-hetero) is 1. The highest BCUT2D eigenvalue weighted by atomic mass is 31.2. The molecule has 10 heteroatoms. The topological polar surface area (TPSA) is 123 Å². The van der Waals surface area contributed by atoms with E-state index in [9.17, 15) is 14.2 Å². The average molecular weight is 488 g/mol. The van der Waals surface area contributed by atoms with Crippen molar-refractivity contribution in [2.75, 3.05) is 26.9 Å². The van der Waals surface area contributed by atoms with Crippen molar-refractivity contribution in [1.82, 2.24) is 0 Å². The first-order valence-corrected chi connectivity index (χ1v) is 12.8. The maximum Gasteiger partial charge on any atom is 0.340 e. The second-order valence-electron chi connectivity index (χ2n) is 7.64. The Morgan fingerprint density at radius 2 is 1.64 bits per heavy atom. The Balaban J connectivity index is 3.26. The molecule has 0 heterocycles. The Kier molecular flexibility index (Phi) is 12.3. The van der Waals surface area contributed by atoms with Gasteiger partial charge in [-0.05, 0) is 59.2 Å². The number of nitrogens with two attached hydrogens (primary N) is 1. The molecule has 1 aromatic carbocycles. The fraction of sp³-hybridized carbons (Fsp3) is 0.652. The van der Waals surface area contributed by atoms with Crippen LogP contribution in [0.1, 0.15) is 58.7 Å². The molecule has 0 amide bonds. The van der Waals surface area contributed by atoms with Crippen molar-refractivity contribution < 1.29 is 37.4 Å². The number of benzene rings is 1. The molecule has 1 aromatic rings. The Labute approximate surface area is 196 Å². The third kappa shape index (κ3) is 8.19. The molecule has 33 heavy (non-hydrogen) atoms. The molecule has 0 saturated carbocycles. The van der Waals surface area contributed by atoms with Gasteiger partial charge in [-0.2, -0.15) is 0 Å². The molecule has 0 radical (unpaired) electrons. The zero-order valence-electron chi connectivity index (χ0n) is 20.7. The monoisotopic (exact) mass is 487 g/mol. The quantitative estimate of drug-likeness (QED) is 0.290. The number of ether oxygens (including phenoxy) is 3. The fourth-order valence-corrected chi connectivity index (χ4v) is 5.02. The largest absolute Gasteiger partial charge is 0.496 e. The highest BCUT2D eigenvalue weighted by Crippen LogP contribution is 2.54. The van der Waals surface area contributed by atoms with Crippen molar-refractivity contribution in [1.29, 1.82) is 0 Å². The lowest BCUT2D eigenvalue weighted by atomic mass is 9.96. The van der Waals surface area contributed by atoms with Gasteiger partial charge < -0.3 is 29.0 Å². The summed E-state index contributed by atoms with van der Waals surface area (Å²) in [6.45, 7) is 10.7. The second-order valence-corrected chi connectivity index (χ2v) is 10.0. The average Bonchev–Trinajstić information content (AvgIpc) is 2.77. The standard InChI is InChI=1S/C23H38NO8P/c1-8-29-23(26)20(32-15(4)5)14-17-11-12-19(28-7)18(13-17)21(24)22(25)16(6)33(27,30-9-2)31-10-3/h11-13,15-16,20-21H,8-10,14,24H2,1-7H3. The zero-order valence-corrected chi connectivity index (χ0v) is 21.6. The molecule has 0 spiro atoms. The van der Waals surface area contributed by atoms with Crippen molar-refractivity contribution in [3.63, 3.8) is 0 Å². The second kappa shape index (κ2) is 13.8. The molecule has 2 N–H and O–H groups in total. The summed E-state index contributed by atoms with van der Waals surface area (Å²) in [7, 11) is -2.22. The summed E-state index contributed by atoms with van der Waals surface area (Å²) >= 11 is 0. The van der Waals surface area contributed by atoms with Crippen molar-refractivity contribution >= 4 is 19.3 Å². The van der Waals surface area contributed by atoms with E-state index in [0.717, 1.165) is 0 Å². The van der Waals surface area contributed by atoms with Crippen molar-refractivity contribution in [2.45, 2.75) is 71.9 Å². The summed E-state index contributed by atoms with van der Waals surface area (Å²) in [6, 6.07) is 3.99. The van der Waals surface area contributed by atoms with Gasteiger partial charge in [0.05, 0.1) is 39.1 Å². The Bertz CT molecular complexity index is 819. The van der Waals surface area contributed by atoms with Gasteiger partial charge in [-0.25, -0.2) is 4.79 Å². The highest BCUT2D eigenvalue weighted by molar-refractivity contribution is 7.55. The van der Waals surface area contributed by atoms with Gasteiger partial charge in [0.15, 0.2) is 11.9 Å². The van der Waals surface area contributed by atoms with E-state index >= 15 is 0 Å². The summed E-state index contributed by atoms with van der Waals surface area (Å²) < 4.78 is 40.0. The lowest BCUT2D eigenvalue weighted by Crippen LogP contribution is -2.32. The Hall–Kier alpha value is -1.77. The lowest BCUT2D eigenvalue weighted by molar-refractivity contribution is -0.159. The van der Waals surface area contributed by atoms with E-state index in [1.165, 1.54) is 14.0 Å². The summed E-state index contributed by atoms with van der Waals surface area (Å²) in [6.07, 6.45) is -0.776. The Morgan fingerprint density at radius 3 is 2.12 bits per heavy atom. The van der Waals surface area contributed by atoms with Crippen LogP contribution in [0, 0.1) is 0 Å². The molecular formula is C23H38NO8P. The molecule has 1 rings (SSSR count). The van der Waals surface area contributed by atoms with E-state index in [-0.39, 0.29) is 32.3 Å². The molecule has 0 bridgehead atoms. The molecule has 0 saturated heterocycles. The summed E-state index contributed by atoms with van der Waals surface area (Å²) in [5.74, 6) is -0.574. The third-order valence-corrected chi connectivity index (χ3v) is 7.29. The fourth-order valence-electron chi connectivity index (χ4n) is 3.31. The first-order valence-electron chi connectivity index (χ1n) is 11.2. The molecule has 188 valence electrons. The van der Waals surface area contributed by atoms with Gasteiger partial charge in [-0.15, -0.1) is 0 Å². The van der Waals surface area contributed by atoms with Crippen LogP contribution in [0.4, 0.5) is 0 Å². The number of carbonyl (C=O) groups is 2. The molecule has 0 aliphatic rings. The molecule has 3 unspecified atom stereocenters. The Morgan fingerprint density at radius 1 is 1.03 bits per heavy atom. The lowest BCUT2D eigenvalue weighted by Gasteiger charge is -2.25. The van der Waals surface area contributed by atoms with E-state index in [1.807, 2.05) is 13.8 Å². The normalized spacial score (nSPS) is 14.6. The van der Waals surface area contributed by atoms with Gasteiger partial charge in [0.1, 0.15) is 11.4 Å². The van der Waals surface area contributed by atoms with Gasteiger partial charge in [0.25, 0.3) is 0 Å². The summed E-state index contributed by atoms with van der Waals surface area (Å²) in [5.41, 5.74) is 6.34. The summed E-state index contributed by atoms with van der Waals surface area (Å²) in [4.78, 5) is 25.5. The van der Waals surface area contributed by atoms with Gasteiger partial charge in [0, 0.05) is 12.0 Å². The maximum absolute atomic E-state index is 13.2. The molecule has 0 aliphatic heterocycles. The zero-order chi connectivity index (χ0) is 25.2. The number of rotatable bonds is 15. The third-order valence-electron chi connectivity index (χ3n) is 4.85. The number of hydrogen-bond donors (Lipinski definition) is 1. The first kappa shape index (κ1) is 29.3. The van der Waals surface area contributed by atoms with Crippen molar-refractivity contribution in [3.8, 4) is 5.75 Å². The van der Waals surface area contributed by atoms with E-state index in [0.29, 0.717) is 16.9 Å². The van der Waals surface area contributed by atoms with Crippen LogP contribution in [-0.4, -0.2) is 56.5 Å². The van der Waals surface area contributed by atoms with Gasteiger partial charge in [-0.3, -0.25) is 9.36 Å². The van der Waals surface area contributed by atoms with E-state index in [2.05, 4.69) is 0 Å².